The first-order valence-corrected chi connectivity index (χ1v) is 27.7. The quantitative estimate of drug-likeness (QED) is 0.0262. The molecule has 6 heteroatoms. The Kier molecular flexibility index (Phi) is 50.2. The van der Waals surface area contributed by atoms with Gasteiger partial charge in [0, 0.05) is 19.3 Å². The Labute approximate surface area is 386 Å². The summed E-state index contributed by atoms with van der Waals surface area (Å²) >= 11 is 0. The maximum absolute atomic E-state index is 12.7. The summed E-state index contributed by atoms with van der Waals surface area (Å²) in [6, 6.07) is 0. The molecule has 0 aliphatic rings. The molecule has 0 aromatic heterocycles. The smallest absolute Gasteiger partial charge is 0.306 e. The normalized spacial score (nSPS) is 12.0. The number of rotatable bonds is 51. The number of carbonyl (C=O) groups is 3. The second kappa shape index (κ2) is 51.8. The summed E-state index contributed by atoms with van der Waals surface area (Å²) in [6.45, 7) is 6.59. The lowest BCUT2D eigenvalue weighted by Crippen LogP contribution is -2.30. The molecule has 0 bridgehead atoms. The highest BCUT2D eigenvalue weighted by Crippen LogP contribution is 2.17. The highest BCUT2D eigenvalue weighted by molar-refractivity contribution is 5.71. The van der Waals surface area contributed by atoms with E-state index in [9.17, 15) is 14.4 Å². The maximum Gasteiger partial charge on any atom is 0.306 e. The highest BCUT2D eigenvalue weighted by Gasteiger charge is 2.19. The summed E-state index contributed by atoms with van der Waals surface area (Å²) in [5.74, 6) is -0.874. The highest BCUT2D eigenvalue weighted by atomic mass is 16.6. The maximum atomic E-state index is 12.7. The molecule has 366 valence electrons. The van der Waals surface area contributed by atoms with Gasteiger partial charge in [-0.3, -0.25) is 14.4 Å². The largest absolute Gasteiger partial charge is 0.462 e. The van der Waals surface area contributed by atoms with Crippen molar-refractivity contribution in [2.45, 2.75) is 316 Å². The molecule has 6 nitrogen and oxygen atoms in total. The molecule has 1 unspecified atom stereocenters. The van der Waals surface area contributed by atoms with E-state index < -0.39 is 6.10 Å². The number of allylic oxidation sites excluding steroid dienone is 2. The van der Waals surface area contributed by atoms with Gasteiger partial charge in [-0.15, -0.1) is 0 Å². The Morgan fingerprint density at radius 1 is 0.306 bits per heavy atom. The summed E-state index contributed by atoms with van der Waals surface area (Å²) in [4.78, 5) is 37.7. The van der Waals surface area contributed by atoms with E-state index in [-0.39, 0.29) is 31.1 Å². The Morgan fingerprint density at radius 3 is 0.806 bits per heavy atom. The van der Waals surface area contributed by atoms with Crippen molar-refractivity contribution in [2.75, 3.05) is 13.2 Å². The zero-order chi connectivity index (χ0) is 45.1. The third-order valence-corrected chi connectivity index (χ3v) is 12.5. The number of unbranched alkanes of at least 4 members (excludes halogenated alkanes) is 38. The molecule has 0 saturated heterocycles. The first-order chi connectivity index (χ1) is 30.5. The SMILES string of the molecule is CCCCCCCCC/C=C\CCCCCCCC(=O)OC(COC(=O)CCCCCCC)COC(=O)CCCCCCCCCCCCCCCCCCCCCCCCC. The van der Waals surface area contributed by atoms with E-state index in [1.54, 1.807) is 0 Å². The molecule has 0 aliphatic heterocycles. The Morgan fingerprint density at radius 2 is 0.532 bits per heavy atom. The van der Waals surface area contributed by atoms with Crippen molar-refractivity contribution in [1.82, 2.24) is 0 Å². The number of ether oxygens (including phenoxy) is 3. The molecule has 0 spiro atoms. The van der Waals surface area contributed by atoms with Crippen LogP contribution in [0, 0.1) is 0 Å². The van der Waals surface area contributed by atoms with Crippen LogP contribution in [0.3, 0.4) is 0 Å². The van der Waals surface area contributed by atoms with Crippen molar-refractivity contribution in [3.05, 3.63) is 12.2 Å². The average molecular weight is 875 g/mol. The van der Waals surface area contributed by atoms with Crippen LogP contribution in [0.2, 0.25) is 0 Å². The fraction of sp³-hybridized carbons (Fsp3) is 0.911. The zero-order valence-corrected chi connectivity index (χ0v) is 41.9. The number of esters is 3. The van der Waals surface area contributed by atoms with E-state index in [4.69, 9.17) is 14.2 Å². The van der Waals surface area contributed by atoms with Crippen LogP contribution >= 0.6 is 0 Å². The minimum atomic E-state index is -0.766. The van der Waals surface area contributed by atoms with Gasteiger partial charge in [0.25, 0.3) is 0 Å². The monoisotopic (exact) mass is 875 g/mol. The van der Waals surface area contributed by atoms with Crippen LogP contribution in [0.25, 0.3) is 0 Å². The van der Waals surface area contributed by atoms with E-state index in [1.165, 1.54) is 199 Å². The van der Waals surface area contributed by atoms with Crippen LogP contribution in [0.5, 0.6) is 0 Å². The van der Waals surface area contributed by atoms with Crippen molar-refractivity contribution >= 4 is 17.9 Å². The van der Waals surface area contributed by atoms with Gasteiger partial charge < -0.3 is 14.2 Å². The van der Waals surface area contributed by atoms with Gasteiger partial charge in [0.15, 0.2) is 6.10 Å². The van der Waals surface area contributed by atoms with Gasteiger partial charge in [-0.05, 0) is 44.9 Å². The lowest BCUT2D eigenvalue weighted by atomic mass is 10.0. The van der Waals surface area contributed by atoms with Gasteiger partial charge in [0.1, 0.15) is 13.2 Å². The van der Waals surface area contributed by atoms with Crippen LogP contribution in [0.15, 0.2) is 12.2 Å². The summed E-state index contributed by atoms with van der Waals surface area (Å²) in [5, 5.41) is 0. The molecule has 0 aromatic carbocycles. The first-order valence-electron chi connectivity index (χ1n) is 27.7. The third-order valence-electron chi connectivity index (χ3n) is 12.5. The molecule has 0 rings (SSSR count). The van der Waals surface area contributed by atoms with Crippen molar-refractivity contribution in [1.29, 1.82) is 0 Å². The Hall–Kier alpha value is -1.85. The zero-order valence-electron chi connectivity index (χ0n) is 41.9. The number of carbonyl (C=O) groups excluding carboxylic acids is 3. The van der Waals surface area contributed by atoms with Gasteiger partial charge >= 0.3 is 17.9 Å². The molecular formula is C56H106O6. The van der Waals surface area contributed by atoms with Gasteiger partial charge in [-0.1, -0.05) is 258 Å². The van der Waals surface area contributed by atoms with Crippen LogP contribution in [-0.2, 0) is 28.6 Å². The van der Waals surface area contributed by atoms with E-state index >= 15 is 0 Å². The average Bonchev–Trinajstić information content (AvgIpc) is 3.27. The van der Waals surface area contributed by atoms with E-state index in [1.807, 2.05) is 0 Å². The fourth-order valence-corrected chi connectivity index (χ4v) is 8.32. The van der Waals surface area contributed by atoms with Gasteiger partial charge in [-0.25, -0.2) is 0 Å². The predicted molar refractivity (Wildman–Crippen MR) is 266 cm³/mol. The molecule has 0 N–H and O–H groups in total. The first kappa shape index (κ1) is 60.2. The van der Waals surface area contributed by atoms with Crippen LogP contribution in [0.4, 0.5) is 0 Å². The van der Waals surface area contributed by atoms with E-state index in [2.05, 4.69) is 32.9 Å². The molecule has 1 atom stereocenters. The molecule has 0 radical (unpaired) electrons. The molecule has 0 saturated carbocycles. The van der Waals surface area contributed by atoms with Crippen molar-refractivity contribution in [3.63, 3.8) is 0 Å². The van der Waals surface area contributed by atoms with Crippen molar-refractivity contribution < 1.29 is 28.6 Å². The summed E-state index contributed by atoms with van der Waals surface area (Å²) in [7, 11) is 0. The Bertz CT molecular complexity index is 962. The lowest BCUT2D eigenvalue weighted by molar-refractivity contribution is -0.167. The van der Waals surface area contributed by atoms with Gasteiger partial charge in [0.2, 0.25) is 0 Å². The Balaban J connectivity index is 4.04. The van der Waals surface area contributed by atoms with Crippen LogP contribution in [-0.4, -0.2) is 37.2 Å². The lowest BCUT2D eigenvalue weighted by Gasteiger charge is -2.18. The molecule has 0 aromatic rings. The van der Waals surface area contributed by atoms with E-state index in [0.717, 1.165) is 70.6 Å². The molecule has 0 amide bonds. The van der Waals surface area contributed by atoms with Crippen LogP contribution < -0.4 is 0 Å². The van der Waals surface area contributed by atoms with Gasteiger partial charge in [0.05, 0.1) is 0 Å². The van der Waals surface area contributed by atoms with E-state index in [0.29, 0.717) is 19.3 Å². The van der Waals surface area contributed by atoms with Gasteiger partial charge in [-0.2, -0.15) is 0 Å². The number of hydrogen-bond donors (Lipinski definition) is 0. The third kappa shape index (κ3) is 49.2. The molecular weight excluding hydrogens is 769 g/mol. The predicted octanol–water partition coefficient (Wildman–Crippen LogP) is 18.2. The van der Waals surface area contributed by atoms with Crippen LogP contribution in [0.1, 0.15) is 310 Å². The summed E-state index contributed by atoms with van der Waals surface area (Å²) in [5.41, 5.74) is 0. The second-order valence-electron chi connectivity index (χ2n) is 18.9. The van der Waals surface area contributed by atoms with Crippen molar-refractivity contribution in [3.8, 4) is 0 Å². The molecule has 62 heavy (non-hydrogen) atoms. The minimum absolute atomic E-state index is 0.0693. The number of hydrogen-bond acceptors (Lipinski definition) is 6. The summed E-state index contributed by atoms with van der Waals surface area (Å²) < 4.78 is 16.7. The van der Waals surface area contributed by atoms with Crippen molar-refractivity contribution in [2.24, 2.45) is 0 Å². The topological polar surface area (TPSA) is 78.9 Å². The standard InChI is InChI=1S/C56H106O6/c1-4-7-10-13-15-17-19-21-23-25-26-27-28-29-30-31-33-34-36-38-40-43-46-49-55(58)61-52-53(51-60-54(57)48-45-42-12-9-6-3)62-56(59)50-47-44-41-39-37-35-32-24-22-20-18-16-14-11-8-5-2/h24,32,53H,4-23,25-31,33-52H2,1-3H3/b32-24-. The fourth-order valence-electron chi connectivity index (χ4n) is 8.32. The molecule has 0 fully saturated rings. The molecule has 0 heterocycles. The summed E-state index contributed by atoms with van der Waals surface area (Å²) in [6.07, 6.45) is 58.2. The minimum Gasteiger partial charge on any atom is -0.462 e. The second-order valence-corrected chi connectivity index (χ2v) is 18.9. The molecule has 0 aliphatic carbocycles.